The first-order valence-corrected chi connectivity index (χ1v) is 12.3. The molecular formula is C25H16Cl2INO2. The topological polar surface area (TPSA) is 58.0 Å². The van der Waals surface area contributed by atoms with Crippen LogP contribution < -0.4 is 0 Å². The molecule has 4 aromatic rings. The van der Waals surface area contributed by atoms with Gasteiger partial charge in [-0.2, -0.15) is 0 Å². The molecule has 0 saturated carbocycles. The molecule has 0 bridgehead atoms. The van der Waals surface area contributed by atoms with E-state index in [1.165, 1.54) is 0 Å². The van der Waals surface area contributed by atoms with Crippen molar-refractivity contribution in [1.29, 1.82) is 3.56 Å². The number of carbonyl (C=O) groups excluding carboxylic acids is 2. The summed E-state index contributed by atoms with van der Waals surface area (Å²) in [4.78, 5) is 26.8. The van der Waals surface area contributed by atoms with Gasteiger partial charge in [0.2, 0.25) is 0 Å². The van der Waals surface area contributed by atoms with Gasteiger partial charge in [-0.05, 0) is 77.9 Å². The minimum absolute atomic E-state index is 0.127. The third kappa shape index (κ3) is 4.20. The van der Waals surface area contributed by atoms with Crippen LogP contribution in [0.5, 0.6) is 0 Å². The zero-order valence-electron chi connectivity index (χ0n) is 16.4. The number of nitrogens with one attached hydrogen (secondary N) is 1. The van der Waals surface area contributed by atoms with Crippen molar-refractivity contribution in [2.75, 3.05) is 0 Å². The Bertz CT molecular complexity index is 1350. The van der Waals surface area contributed by atoms with Gasteiger partial charge in [0.15, 0.2) is 11.6 Å². The minimum Gasteiger partial charge on any atom is -0.289 e. The van der Waals surface area contributed by atoms with Gasteiger partial charge >= 0.3 is 0 Å². The highest BCUT2D eigenvalue weighted by molar-refractivity contribution is 14.2. The summed E-state index contributed by atoms with van der Waals surface area (Å²) >= 11 is 10.9. The number of hydrogen-bond donors (Lipinski definition) is 1. The van der Waals surface area contributed by atoms with E-state index in [9.17, 15) is 9.59 Å². The van der Waals surface area contributed by atoms with E-state index in [1.54, 1.807) is 48.5 Å². The molecule has 0 aliphatic rings. The Morgan fingerprint density at radius 3 is 1.65 bits per heavy atom. The van der Waals surface area contributed by atoms with Crippen LogP contribution in [0.2, 0.25) is 10.0 Å². The van der Waals surface area contributed by atoms with Crippen molar-refractivity contribution in [3.05, 3.63) is 114 Å². The van der Waals surface area contributed by atoms with Gasteiger partial charge in [0, 0.05) is 56.9 Å². The van der Waals surface area contributed by atoms with E-state index in [4.69, 9.17) is 26.8 Å². The predicted molar refractivity (Wildman–Crippen MR) is 134 cm³/mol. The first-order valence-electron chi connectivity index (χ1n) is 9.38. The summed E-state index contributed by atoms with van der Waals surface area (Å²) in [6.45, 7) is 1.88. The number of carbonyl (C=O) groups is 2. The molecule has 154 valence electrons. The summed E-state index contributed by atoms with van der Waals surface area (Å²) in [5, 5.41) is 2.51. The molecule has 0 aromatic heterocycles. The van der Waals surface area contributed by atoms with Crippen molar-refractivity contribution in [2.24, 2.45) is 0 Å². The van der Waals surface area contributed by atoms with Gasteiger partial charge < -0.3 is 0 Å². The molecule has 0 aliphatic carbocycles. The smallest absolute Gasteiger partial charge is 0.194 e. The molecule has 0 saturated heterocycles. The van der Waals surface area contributed by atoms with Crippen molar-refractivity contribution in [3.63, 3.8) is 0 Å². The molecule has 0 spiro atoms. The average Bonchev–Trinajstić information content (AvgIpc) is 2.78. The number of hydrogen-bond acceptors (Lipinski definition) is 3. The summed E-state index contributed by atoms with van der Waals surface area (Å²) in [7, 11) is 0. The molecule has 31 heavy (non-hydrogen) atoms. The molecule has 0 fully saturated rings. The first-order chi connectivity index (χ1) is 14.9. The van der Waals surface area contributed by atoms with Crippen LogP contribution in [0.1, 0.15) is 37.4 Å². The van der Waals surface area contributed by atoms with Crippen LogP contribution in [0.4, 0.5) is 0 Å². The van der Waals surface area contributed by atoms with E-state index >= 15 is 0 Å². The molecule has 3 nitrogen and oxygen atoms in total. The lowest BCUT2D eigenvalue weighted by Crippen LogP contribution is -2.09. The van der Waals surface area contributed by atoms with Gasteiger partial charge in [-0.25, -0.2) is 0 Å². The quantitative estimate of drug-likeness (QED) is 0.200. The lowest BCUT2D eigenvalue weighted by Gasteiger charge is -2.14. The molecular weight excluding hydrogens is 544 g/mol. The number of benzene rings is 4. The number of aryl methyl sites for hydroxylation is 1. The molecule has 0 heterocycles. The van der Waals surface area contributed by atoms with E-state index in [0.717, 1.165) is 9.13 Å². The minimum atomic E-state index is -1.10. The molecule has 4 aromatic carbocycles. The van der Waals surface area contributed by atoms with E-state index in [0.29, 0.717) is 43.1 Å². The largest absolute Gasteiger partial charge is 0.289 e. The molecule has 0 atom stereocenters. The molecule has 0 aliphatic heterocycles. The predicted octanol–water partition coefficient (Wildman–Crippen LogP) is 7.82. The van der Waals surface area contributed by atoms with Crippen molar-refractivity contribution >= 4 is 66.6 Å². The maximum absolute atomic E-state index is 13.4. The monoisotopic (exact) mass is 559 g/mol. The third-order valence-electron chi connectivity index (χ3n) is 5.13. The van der Waals surface area contributed by atoms with Gasteiger partial charge in [0.1, 0.15) is 0 Å². The van der Waals surface area contributed by atoms with E-state index in [1.807, 2.05) is 31.2 Å². The Hall–Kier alpha value is -2.41. The summed E-state index contributed by atoms with van der Waals surface area (Å²) in [5.74, 6) is -0.295. The van der Waals surface area contributed by atoms with E-state index in [-0.39, 0.29) is 11.6 Å². The van der Waals surface area contributed by atoms with E-state index < -0.39 is 21.0 Å². The molecule has 0 radical (unpaired) electrons. The summed E-state index contributed by atoms with van der Waals surface area (Å²) in [6, 6.07) is 20.9. The first kappa shape index (κ1) is 21.8. The third-order valence-corrected chi connectivity index (χ3v) is 7.11. The number of fused-ring (bicyclic) bond motifs is 1. The second-order valence-corrected chi connectivity index (χ2v) is 9.62. The lowest BCUT2D eigenvalue weighted by molar-refractivity contribution is 0.103. The standard InChI is InChI=1S/C25H16Cl2INO2/c1-14-2-11-20-19(22(14)24(30)15-3-7-17(26)8-4-15)12-13-21(28-29)23(20)25(31)16-5-9-18(27)10-6-16/h2-13,29H,1H3. The second kappa shape index (κ2) is 8.99. The highest BCUT2D eigenvalue weighted by Gasteiger charge is 2.22. The SMILES string of the molecule is Cc1ccc2c(C(=O)c3ccc(Cl)cc3)c(I=N)ccc2c1C(=O)c1ccc(Cl)cc1. The zero-order valence-corrected chi connectivity index (χ0v) is 20.0. The van der Waals surface area contributed by atoms with Crippen LogP contribution >= 0.6 is 44.2 Å². The van der Waals surface area contributed by atoms with Gasteiger partial charge in [-0.15, -0.1) is 0 Å². The fraction of sp³-hybridized carbons (Fsp3) is 0.0400. The van der Waals surface area contributed by atoms with Crippen LogP contribution in [0, 0.1) is 14.1 Å². The molecule has 4 rings (SSSR count). The average molecular weight is 560 g/mol. The zero-order chi connectivity index (χ0) is 22.1. The fourth-order valence-electron chi connectivity index (χ4n) is 3.59. The van der Waals surface area contributed by atoms with Gasteiger partial charge in [-0.3, -0.25) is 13.2 Å². The lowest BCUT2D eigenvalue weighted by atomic mass is 9.89. The van der Waals surface area contributed by atoms with Crippen molar-refractivity contribution in [3.8, 4) is 0 Å². The molecule has 6 heteroatoms. The fourth-order valence-corrected chi connectivity index (χ4v) is 5.01. The molecule has 0 amide bonds. The van der Waals surface area contributed by atoms with Crippen LogP contribution in [-0.2, 0) is 0 Å². The van der Waals surface area contributed by atoms with Crippen molar-refractivity contribution < 1.29 is 9.59 Å². The van der Waals surface area contributed by atoms with Crippen molar-refractivity contribution in [2.45, 2.75) is 6.92 Å². The van der Waals surface area contributed by atoms with Crippen LogP contribution in [0.15, 0.2) is 72.8 Å². The number of rotatable bonds is 5. The normalized spacial score (nSPS) is 10.9. The van der Waals surface area contributed by atoms with Crippen LogP contribution in [-0.4, -0.2) is 11.6 Å². The summed E-state index contributed by atoms with van der Waals surface area (Å²) < 4.78 is 8.76. The molecule has 0 unspecified atom stereocenters. The maximum Gasteiger partial charge on any atom is 0.194 e. The highest BCUT2D eigenvalue weighted by atomic mass is 127. The Balaban J connectivity index is 1.95. The second-order valence-electron chi connectivity index (χ2n) is 7.04. The Morgan fingerprint density at radius 1 is 0.677 bits per heavy atom. The van der Waals surface area contributed by atoms with Crippen molar-refractivity contribution in [1.82, 2.24) is 0 Å². The van der Waals surface area contributed by atoms with Crippen LogP contribution in [0.25, 0.3) is 10.8 Å². The maximum atomic E-state index is 13.4. The Morgan fingerprint density at radius 2 is 1.13 bits per heavy atom. The highest BCUT2D eigenvalue weighted by Crippen LogP contribution is 2.33. The molecule has 1 N–H and O–H groups in total. The Kier molecular flexibility index (Phi) is 6.32. The summed E-state index contributed by atoms with van der Waals surface area (Å²) in [5.41, 5.74) is 2.91. The van der Waals surface area contributed by atoms with Gasteiger partial charge in [0.25, 0.3) is 0 Å². The van der Waals surface area contributed by atoms with E-state index in [2.05, 4.69) is 0 Å². The number of ketones is 2. The number of halogens is 3. The summed E-state index contributed by atoms with van der Waals surface area (Å²) in [6.07, 6.45) is 0. The Labute approximate surface area is 200 Å². The van der Waals surface area contributed by atoms with Gasteiger partial charge in [0.05, 0.1) is 0 Å². The van der Waals surface area contributed by atoms with Crippen LogP contribution in [0.3, 0.4) is 0 Å². The van der Waals surface area contributed by atoms with Gasteiger partial charge in [-0.1, -0.05) is 41.4 Å².